The molecule has 0 aromatic carbocycles. The number of hydrogen-bond acceptors (Lipinski definition) is 15. The second-order valence-electron chi connectivity index (χ2n) is 16.2. The predicted molar refractivity (Wildman–Crippen MR) is 183 cm³/mol. The summed E-state index contributed by atoms with van der Waals surface area (Å²) in [5.74, 6) is -5.46. The molecule has 0 radical (unpaired) electrons. The van der Waals surface area contributed by atoms with Crippen LogP contribution in [0.2, 0.25) is 0 Å². The van der Waals surface area contributed by atoms with Crippen LogP contribution in [0.1, 0.15) is 88.0 Å². The van der Waals surface area contributed by atoms with E-state index in [1.165, 1.54) is 34.8 Å². The largest absolute Gasteiger partial charge is 0.459 e. The van der Waals surface area contributed by atoms with Crippen molar-refractivity contribution >= 4 is 11.8 Å². The number of methoxy groups -OCH3 is 1. The van der Waals surface area contributed by atoms with Crippen molar-refractivity contribution in [2.45, 2.75) is 172 Å². The van der Waals surface area contributed by atoms with Gasteiger partial charge in [0.1, 0.15) is 35.3 Å². The lowest BCUT2D eigenvalue weighted by Gasteiger charge is -2.49. The number of carbonyl (C=O) groups is 2. The molecule has 0 aliphatic carbocycles. The maximum absolute atomic E-state index is 14.0. The third-order valence-electron chi connectivity index (χ3n) is 11.5. The highest BCUT2D eigenvalue weighted by Gasteiger charge is 2.54. The molecule has 3 rings (SSSR count). The summed E-state index contributed by atoms with van der Waals surface area (Å²) in [6, 6.07) is -0.362. The molecule has 3 aliphatic rings. The zero-order chi connectivity index (χ0) is 39.0. The number of aliphatic hydroxyl groups is 6. The van der Waals surface area contributed by atoms with Crippen LogP contribution in [0.25, 0.3) is 0 Å². The Bertz CT molecular complexity index is 1170. The van der Waals surface area contributed by atoms with E-state index in [4.69, 9.17) is 28.4 Å². The van der Waals surface area contributed by atoms with Gasteiger partial charge in [0.2, 0.25) is 0 Å². The molecule has 0 saturated carbocycles. The number of hydrogen-bond donors (Lipinski definition) is 6. The van der Waals surface area contributed by atoms with Gasteiger partial charge in [0.25, 0.3) is 0 Å². The molecule has 6 N–H and O–H groups in total. The minimum absolute atomic E-state index is 0.0785. The topological polar surface area (TPSA) is 214 Å². The lowest BCUT2D eigenvalue weighted by Crippen LogP contribution is -2.62. The van der Waals surface area contributed by atoms with E-state index >= 15 is 0 Å². The number of esters is 1. The van der Waals surface area contributed by atoms with Gasteiger partial charge < -0.3 is 64.0 Å². The van der Waals surface area contributed by atoms with E-state index in [1.54, 1.807) is 27.7 Å². The summed E-state index contributed by atoms with van der Waals surface area (Å²) in [5.41, 5.74) is -5.21. The average Bonchev–Trinajstić information content (AvgIpc) is 3.05. The number of nitrogens with zero attached hydrogens (tertiary/aromatic N) is 1. The number of aliphatic hydroxyl groups excluding tert-OH is 4. The first-order chi connectivity index (χ1) is 23.4. The second-order valence-corrected chi connectivity index (χ2v) is 16.2. The summed E-state index contributed by atoms with van der Waals surface area (Å²) in [7, 11) is 5.01. The van der Waals surface area contributed by atoms with Gasteiger partial charge in [0.05, 0.1) is 35.9 Å². The third kappa shape index (κ3) is 9.49. The number of carbonyl (C=O) groups excluding carboxylic acids is 2. The van der Waals surface area contributed by atoms with Gasteiger partial charge in [-0.2, -0.15) is 0 Å². The zero-order valence-electron chi connectivity index (χ0n) is 32.4. The van der Waals surface area contributed by atoms with Crippen LogP contribution in [0.4, 0.5) is 0 Å². The maximum Gasteiger partial charge on any atom is 0.311 e. The van der Waals surface area contributed by atoms with E-state index < -0.39 is 108 Å². The Morgan fingerprint density at radius 3 is 2.02 bits per heavy atom. The van der Waals surface area contributed by atoms with Crippen molar-refractivity contribution in [3.63, 3.8) is 0 Å². The highest BCUT2D eigenvalue weighted by Crippen LogP contribution is 2.40. The number of cyclic esters (lactones) is 1. The maximum atomic E-state index is 14.0. The average molecular weight is 736 g/mol. The molecule has 15 heteroatoms. The molecule has 18 unspecified atom stereocenters. The molecule has 0 bridgehead atoms. The Labute approximate surface area is 302 Å². The monoisotopic (exact) mass is 735 g/mol. The van der Waals surface area contributed by atoms with E-state index in [0.29, 0.717) is 6.42 Å². The van der Waals surface area contributed by atoms with Gasteiger partial charge in [0, 0.05) is 37.3 Å². The number of rotatable bonds is 7. The molecule has 18 atom stereocenters. The molecule has 298 valence electrons. The van der Waals surface area contributed by atoms with Crippen molar-refractivity contribution in [1.29, 1.82) is 0 Å². The van der Waals surface area contributed by atoms with Crippen LogP contribution in [0.5, 0.6) is 0 Å². The van der Waals surface area contributed by atoms with Crippen molar-refractivity contribution in [2.24, 2.45) is 23.7 Å². The third-order valence-corrected chi connectivity index (χ3v) is 11.5. The highest BCUT2D eigenvalue weighted by atomic mass is 16.7. The fraction of sp³-hybridized carbons (Fsp3) is 0.944. The van der Waals surface area contributed by atoms with E-state index in [0.717, 1.165) is 0 Å². The van der Waals surface area contributed by atoms with Gasteiger partial charge in [-0.25, -0.2) is 0 Å². The SMILES string of the molecule is CCC1OC(=O)C(C)C(OC2OC(O)CC(C)(OC)C2O)C(C)C(OC2OC(C)CC(N(C)C)C2O)C(C)(O)CC(C)C(=O)C(C)C(O)C1(C)O. The van der Waals surface area contributed by atoms with Crippen LogP contribution >= 0.6 is 0 Å². The first-order valence-electron chi connectivity index (χ1n) is 18.2. The van der Waals surface area contributed by atoms with Crippen molar-refractivity contribution in [3.8, 4) is 0 Å². The molecule has 3 aliphatic heterocycles. The molecular weight excluding hydrogens is 670 g/mol. The minimum atomic E-state index is -2.04. The summed E-state index contributed by atoms with van der Waals surface area (Å²) in [5, 5.41) is 68.6. The molecule has 3 heterocycles. The molecular formula is C36H65NO14. The van der Waals surface area contributed by atoms with Gasteiger partial charge in [0.15, 0.2) is 18.9 Å². The number of likely N-dealkylation sites (N-methyl/N-ethyl adjacent to an activating group) is 1. The quantitative estimate of drug-likeness (QED) is 0.199. The van der Waals surface area contributed by atoms with Crippen molar-refractivity contribution in [2.75, 3.05) is 21.2 Å². The van der Waals surface area contributed by atoms with E-state index in [2.05, 4.69) is 0 Å². The summed E-state index contributed by atoms with van der Waals surface area (Å²) in [6.45, 7) is 14.1. The fourth-order valence-corrected chi connectivity index (χ4v) is 8.14. The Morgan fingerprint density at radius 2 is 1.47 bits per heavy atom. The highest BCUT2D eigenvalue weighted by molar-refractivity contribution is 5.83. The molecule has 0 amide bonds. The lowest BCUT2D eigenvalue weighted by atomic mass is 9.74. The second kappa shape index (κ2) is 17.0. The number of ketones is 1. The summed E-state index contributed by atoms with van der Waals surface area (Å²) < 4.78 is 36.1. The van der Waals surface area contributed by atoms with Gasteiger partial charge in [-0.3, -0.25) is 9.59 Å². The van der Waals surface area contributed by atoms with E-state index in [9.17, 15) is 40.2 Å². The minimum Gasteiger partial charge on any atom is -0.459 e. The Morgan fingerprint density at radius 1 is 0.863 bits per heavy atom. The van der Waals surface area contributed by atoms with Crippen LogP contribution in [-0.2, 0) is 38.0 Å². The van der Waals surface area contributed by atoms with Crippen LogP contribution in [-0.4, -0.2) is 153 Å². The van der Waals surface area contributed by atoms with E-state index in [1.807, 2.05) is 25.9 Å². The van der Waals surface area contributed by atoms with Crippen LogP contribution < -0.4 is 0 Å². The van der Waals surface area contributed by atoms with Gasteiger partial charge in [-0.1, -0.05) is 27.7 Å². The van der Waals surface area contributed by atoms with E-state index in [-0.39, 0.29) is 31.4 Å². The lowest BCUT2D eigenvalue weighted by molar-refractivity contribution is -0.352. The van der Waals surface area contributed by atoms with Crippen LogP contribution in [0.3, 0.4) is 0 Å². The van der Waals surface area contributed by atoms with Crippen molar-refractivity contribution < 1.29 is 68.6 Å². The predicted octanol–water partition coefficient (Wildman–Crippen LogP) is 0.716. The Hall–Kier alpha value is -1.34. The number of Topliss-reactive ketones (excluding diaryl/α,β-unsaturated/α-hetero) is 1. The smallest absolute Gasteiger partial charge is 0.311 e. The van der Waals surface area contributed by atoms with Crippen LogP contribution in [0.15, 0.2) is 0 Å². The molecule has 3 fully saturated rings. The van der Waals surface area contributed by atoms with Crippen LogP contribution in [0, 0.1) is 23.7 Å². The summed E-state index contributed by atoms with van der Waals surface area (Å²) in [4.78, 5) is 29.7. The first kappa shape index (κ1) is 44.1. The molecule has 15 nitrogen and oxygen atoms in total. The molecule has 51 heavy (non-hydrogen) atoms. The molecule has 0 aromatic rings. The Kier molecular flexibility index (Phi) is 14.7. The van der Waals surface area contributed by atoms with Crippen molar-refractivity contribution in [1.82, 2.24) is 4.90 Å². The fourth-order valence-electron chi connectivity index (χ4n) is 8.14. The summed E-state index contributed by atoms with van der Waals surface area (Å²) in [6.07, 6.45) is -12.3. The molecule has 0 spiro atoms. The molecule has 3 saturated heterocycles. The first-order valence-corrected chi connectivity index (χ1v) is 18.2. The number of ether oxygens (including phenoxy) is 6. The zero-order valence-corrected chi connectivity index (χ0v) is 32.4. The van der Waals surface area contributed by atoms with Gasteiger partial charge in [-0.05, 0) is 68.0 Å². The normalized spacial score (nSPS) is 49.7. The van der Waals surface area contributed by atoms with Gasteiger partial charge >= 0.3 is 5.97 Å². The van der Waals surface area contributed by atoms with Gasteiger partial charge in [-0.15, -0.1) is 0 Å². The standard InChI is InChI=1S/C36H65NO14/c1-13-23-36(9,45)28(41)19(4)25(39)17(2)15-34(7,44)30(51-32-26(40)22(37(10)11)14-18(3)47-32)20(5)27(21(6)31(43)48-23)50-33-29(42)35(8,46-12)16-24(38)49-33/h17-24,26-30,32-33,38,40-42,44-45H,13-16H2,1-12H3. The van der Waals surface area contributed by atoms with Crippen molar-refractivity contribution in [3.05, 3.63) is 0 Å². The molecule has 0 aromatic heterocycles. The summed E-state index contributed by atoms with van der Waals surface area (Å²) >= 11 is 0. The Balaban J connectivity index is 2.20.